The summed E-state index contributed by atoms with van der Waals surface area (Å²) in [5.41, 5.74) is 3.70. The normalized spacial score (nSPS) is 13.3. The average molecular weight is 195 g/mol. The van der Waals surface area contributed by atoms with Crippen LogP contribution in [-0.2, 0) is 0 Å². The van der Waals surface area contributed by atoms with Crippen LogP contribution >= 0.6 is 0 Å². The number of rotatable bonds is 1. The van der Waals surface area contributed by atoms with Gasteiger partial charge in [-0.15, -0.1) is 0 Å². The standard InChI is InChI=1S/C14H11O/c1-2-4-11(5-3-1)12-6-7-14-13(10-12)8-9-15-14/h1-8,10H,9H2. The highest BCUT2D eigenvalue weighted by molar-refractivity contribution is 5.66. The summed E-state index contributed by atoms with van der Waals surface area (Å²) in [6.07, 6.45) is 2.11. The van der Waals surface area contributed by atoms with E-state index in [-0.39, 0.29) is 0 Å². The molecule has 1 aliphatic rings. The van der Waals surface area contributed by atoms with Crippen LogP contribution in [-0.4, -0.2) is 6.61 Å². The van der Waals surface area contributed by atoms with Gasteiger partial charge in [0.25, 0.3) is 0 Å². The molecule has 0 aliphatic carbocycles. The van der Waals surface area contributed by atoms with Crippen molar-refractivity contribution < 1.29 is 4.74 Å². The van der Waals surface area contributed by atoms with E-state index in [0.717, 1.165) is 5.75 Å². The van der Waals surface area contributed by atoms with Crippen molar-refractivity contribution >= 4 is 0 Å². The predicted molar refractivity (Wildman–Crippen MR) is 60.8 cm³/mol. The molecule has 0 fully saturated rings. The Morgan fingerprint density at radius 2 is 1.73 bits per heavy atom. The minimum atomic E-state index is 0.702. The molecule has 2 aromatic rings. The lowest BCUT2D eigenvalue weighted by Gasteiger charge is -2.03. The molecule has 1 heterocycles. The van der Waals surface area contributed by atoms with Crippen LogP contribution < -0.4 is 4.74 Å². The van der Waals surface area contributed by atoms with Gasteiger partial charge in [-0.2, -0.15) is 0 Å². The Balaban J connectivity index is 2.07. The highest BCUT2D eigenvalue weighted by Gasteiger charge is 2.12. The van der Waals surface area contributed by atoms with Gasteiger partial charge in [0.2, 0.25) is 0 Å². The number of ether oxygens (including phenoxy) is 1. The van der Waals surface area contributed by atoms with Crippen molar-refractivity contribution in [2.24, 2.45) is 0 Å². The Hall–Kier alpha value is -1.76. The van der Waals surface area contributed by atoms with Crippen LogP contribution in [0.3, 0.4) is 0 Å². The summed E-state index contributed by atoms with van der Waals surface area (Å²) >= 11 is 0. The molecule has 1 aliphatic heterocycles. The van der Waals surface area contributed by atoms with Gasteiger partial charge in [-0.25, -0.2) is 0 Å². The Kier molecular flexibility index (Phi) is 1.95. The summed E-state index contributed by atoms with van der Waals surface area (Å²) in [6, 6.07) is 16.7. The van der Waals surface area contributed by atoms with Gasteiger partial charge in [-0.05, 0) is 23.3 Å². The van der Waals surface area contributed by atoms with E-state index in [9.17, 15) is 0 Å². The average Bonchev–Trinajstić information content (AvgIpc) is 2.77. The van der Waals surface area contributed by atoms with Crippen LogP contribution in [0, 0.1) is 6.42 Å². The molecule has 2 aromatic carbocycles. The van der Waals surface area contributed by atoms with E-state index >= 15 is 0 Å². The number of hydrogen-bond acceptors (Lipinski definition) is 1. The molecule has 3 rings (SSSR count). The summed E-state index contributed by atoms with van der Waals surface area (Å²) < 4.78 is 5.43. The van der Waals surface area contributed by atoms with Crippen molar-refractivity contribution in [2.45, 2.75) is 0 Å². The second-order valence-corrected chi connectivity index (χ2v) is 3.63. The third kappa shape index (κ3) is 1.50. The van der Waals surface area contributed by atoms with Gasteiger partial charge in [0.15, 0.2) is 0 Å². The lowest BCUT2D eigenvalue weighted by molar-refractivity contribution is 0.377. The zero-order chi connectivity index (χ0) is 10.1. The maximum Gasteiger partial charge on any atom is 0.122 e. The largest absolute Gasteiger partial charge is 0.493 e. The third-order valence-corrected chi connectivity index (χ3v) is 2.66. The summed E-state index contributed by atoms with van der Waals surface area (Å²) in [6.45, 7) is 0.702. The lowest BCUT2D eigenvalue weighted by atomic mass is 10.0. The molecule has 0 saturated carbocycles. The van der Waals surface area contributed by atoms with Crippen LogP contribution in [0.4, 0.5) is 0 Å². The zero-order valence-electron chi connectivity index (χ0n) is 8.31. The molecule has 0 amide bonds. The molecule has 0 bridgehead atoms. The highest BCUT2D eigenvalue weighted by Crippen LogP contribution is 2.31. The fourth-order valence-corrected chi connectivity index (χ4v) is 1.87. The maximum absolute atomic E-state index is 5.43. The van der Waals surface area contributed by atoms with E-state index < -0.39 is 0 Å². The molecule has 1 heteroatoms. The summed E-state index contributed by atoms with van der Waals surface area (Å²) in [7, 11) is 0. The van der Waals surface area contributed by atoms with Gasteiger partial charge in [-0.1, -0.05) is 36.4 Å². The minimum absolute atomic E-state index is 0.702. The molecule has 0 saturated heterocycles. The van der Waals surface area contributed by atoms with Crippen molar-refractivity contribution in [3.8, 4) is 16.9 Å². The Morgan fingerprint density at radius 3 is 2.60 bits per heavy atom. The maximum atomic E-state index is 5.43. The fraction of sp³-hybridized carbons (Fsp3) is 0.0714. The first-order valence-electron chi connectivity index (χ1n) is 5.09. The molecule has 0 aromatic heterocycles. The van der Waals surface area contributed by atoms with Gasteiger partial charge < -0.3 is 4.74 Å². The quantitative estimate of drug-likeness (QED) is 0.678. The van der Waals surface area contributed by atoms with Crippen molar-refractivity contribution in [2.75, 3.05) is 6.61 Å². The second kappa shape index (κ2) is 3.43. The zero-order valence-corrected chi connectivity index (χ0v) is 8.31. The molecule has 0 spiro atoms. The topological polar surface area (TPSA) is 9.23 Å². The van der Waals surface area contributed by atoms with Gasteiger partial charge >= 0.3 is 0 Å². The Bertz CT molecular complexity index is 474. The van der Waals surface area contributed by atoms with E-state index in [0.29, 0.717) is 6.61 Å². The first-order chi connectivity index (χ1) is 7.43. The van der Waals surface area contributed by atoms with Crippen molar-refractivity contribution in [3.63, 3.8) is 0 Å². The van der Waals surface area contributed by atoms with Crippen LogP contribution in [0.15, 0.2) is 48.5 Å². The van der Waals surface area contributed by atoms with Crippen molar-refractivity contribution in [1.82, 2.24) is 0 Å². The van der Waals surface area contributed by atoms with Gasteiger partial charge in [0.1, 0.15) is 5.75 Å². The first kappa shape index (κ1) is 8.54. The third-order valence-electron chi connectivity index (χ3n) is 2.66. The monoisotopic (exact) mass is 195 g/mol. The molecule has 0 unspecified atom stereocenters. The van der Waals surface area contributed by atoms with Crippen molar-refractivity contribution in [3.05, 3.63) is 60.5 Å². The van der Waals surface area contributed by atoms with Crippen LogP contribution in [0.2, 0.25) is 0 Å². The summed E-state index contributed by atoms with van der Waals surface area (Å²) in [5, 5.41) is 0. The summed E-state index contributed by atoms with van der Waals surface area (Å²) in [4.78, 5) is 0. The molecule has 0 atom stereocenters. The van der Waals surface area contributed by atoms with Crippen LogP contribution in [0.5, 0.6) is 5.75 Å². The molecule has 0 N–H and O–H groups in total. The molecular weight excluding hydrogens is 184 g/mol. The fourth-order valence-electron chi connectivity index (χ4n) is 1.87. The molecule has 1 nitrogen and oxygen atoms in total. The number of benzene rings is 2. The minimum Gasteiger partial charge on any atom is -0.493 e. The predicted octanol–water partition coefficient (Wildman–Crippen LogP) is 3.30. The SMILES string of the molecule is [CH]1COc2ccc(-c3ccccc3)cc21. The Labute approximate surface area is 89.3 Å². The van der Waals surface area contributed by atoms with E-state index in [2.05, 4.69) is 42.8 Å². The molecular formula is C14H11O. The lowest BCUT2D eigenvalue weighted by Crippen LogP contribution is -1.84. The Morgan fingerprint density at radius 1 is 0.867 bits per heavy atom. The summed E-state index contributed by atoms with van der Waals surface area (Å²) in [5.74, 6) is 0.995. The first-order valence-corrected chi connectivity index (χ1v) is 5.09. The molecule has 1 radical (unpaired) electrons. The second-order valence-electron chi connectivity index (χ2n) is 3.63. The van der Waals surface area contributed by atoms with Crippen molar-refractivity contribution in [1.29, 1.82) is 0 Å². The van der Waals surface area contributed by atoms with Crippen LogP contribution in [0.25, 0.3) is 11.1 Å². The van der Waals surface area contributed by atoms with E-state index in [4.69, 9.17) is 4.74 Å². The van der Waals surface area contributed by atoms with E-state index in [1.165, 1.54) is 16.7 Å². The number of hydrogen-bond donors (Lipinski definition) is 0. The molecule has 15 heavy (non-hydrogen) atoms. The van der Waals surface area contributed by atoms with Gasteiger partial charge in [0.05, 0.1) is 6.61 Å². The van der Waals surface area contributed by atoms with E-state index in [1.807, 2.05) is 12.1 Å². The smallest absolute Gasteiger partial charge is 0.122 e. The van der Waals surface area contributed by atoms with Crippen LogP contribution in [0.1, 0.15) is 5.56 Å². The highest BCUT2D eigenvalue weighted by atomic mass is 16.5. The number of fused-ring (bicyclic) bond motifs is 1. The van der Waals surface area contributed by atoms with Gasteiger partial charge in [-0.3, -0.25) is 0 Å². The van der Waals surface area contributed by atoms with E-state index in [1.54, 1.807) is 0 Å². The van der Waals surface area contributed by atoms with Gasteiger partial charge in [0, 0.05) is 12.0 Å². The molecule has 73 valence electrons.